The molecular formula is C12H18N4. The lowest BCUT2D eigenvalue weighted by Crippen LogP contribution is -2.28. The van der Waals surface area contributed by atoms with Crippen molar-refractivity contribution in [3.63, 3.8) is 0 Å². The number of nitrogens with zero attached hydrogens (tertiary/aromatic N) is 3. The number of rotatable bonds is 1. The fraction of sp³-hybridized carbons (Fsp3) is 0.667. The molecule has 1 N–H and O–H groups in total. The minimum absolute atomic E-state index is 0.523. The van der Waals surface area contributed by atoms with Crippen LogP contribution in [0.5, 0.6) is 0 Å². The highest BCUT2D eigenvalue weighted by Gasteiger charge is 2.27. The van der Waals surface area contributed by atoms with Crippen LogP contribution in [-0.4, -0.2) is 35.0 Å². The maximum atomic E-state index is 4.54. The van der Waals surface area contributed by atoms with Gasteiger partial charge in [0.05, 0.1) is 17.4 Å². The molecule has 3 rings (SSSR count). The van der Waals surface area contributed by atoms with Crippen molar-refractivity contribution >= 4 is 0 Å². The number of likely N-dealkylation sites (tertiary alicyclic amines) is 1. The molecule has 2 aliphatic heterocycles. The molecule has 1 saturated heterocycles. The zero-order chi connectivity index (χ0) is 11.0. The summed E-state index contributed by atoms with van der Waals surface area (Å²) in [6.07, 6.45) is 5.34. The highest BCUT2D eigenvalue weighted by Crippen LogP contribution is 2.32. The summed E-state index contributed by atoms with van der Waals surface area (Å²) < 4.78 is 0. The van der Waals surface area contributed by atoms with Crippen LogP contribution in [0.2, 0.25) is 0 Å². The van der Waals surface area contributed by atoms with Crippen LogP contribution < -0.4 is 5.32 Å². The minimum Gasteiger partial charge on any atom is -0.311 e. The normalized spacial score (nSPS) is 25.7. The van der Waals surface area contributed by atoms with Crippen molar-refractivity contribution < 1.29 is 0 Å². The lowest BCUT2D eigenvalue weighted by molar-refractivity contribution is 0.309. The van der Waals surface area contributed by atoms with Gasteiger partial charge in [-0.3, -0.25) is 4.90 Å². The molecule has 1 fully saturated rings. The second-order valence-electron chi connectivity index (χ2n) is 4.75. The van der Waals surface area contributed by atoms with Crippen LogP contribution in [0.15, 0.2) is 6.33 Å². The van der Waals surface area contributed by atoms with Crippen LogP contribution >= 0.6 is 0 Å². The summed E-state index contributed by atoms with van der Waals surface area (Å²) >= 11 is 0. The van der Waals surface area contributed by atoms with E-state index in [0.29, 0.717) is 6.04 Å². The molecule has 4 heteroatoms. The Morgan fingerprint density at radius 3 is 3.19 bits per heavy atom. The molecule has 16 heavy (non-hydrogen) atoms. The average molecular weight is 218 g/mol. The number of nitrogens with one attached hydrogen (secondary N) is 1. The van der Waals surface area contributed by atoms with Gasteiger partial charge in [-0.1, -0.05) is 0 Å². The van der Waals surface area contributed by atoms with Gasteiger partial charge in [-0.2, -0.15) is 0 Å². The first-order chi connectivity index (χ1) is 7.86. The third kappa shape index (κ3) is 1.62. The molecule has 0 spiro atoms. The molecule has 1 aromatic rings. The van der Waals surface area contributed by atoms with Gasteiger partial charge in [0.1, 0.15) is 6.33 Å². The van der Waals surface area contributed by atoms with E-state index in [1.807, 2.05) is 0 Å². The molecule has 0 radical (unpaired) electrons. The van der Waals surface area contributed by atoms with E-state index in [2.05, 4.69) is 27.2 Å². The summed E-state index contributed by atoms with van der Waals surface area (Å²) in [5.74, 6) is 0. The highest BCUT2D eigenvalue weighted by molar-refractivity contribution is 5.29. The monoisotopic (exact) mass is 218 g/mol. The molecule has 0 amide bonds. The average Bonchev–Trinajstić information content (AvgIpc) is 2.75. The zero-order valence-corrected chi connectivity index (χ0v) is 9.74. The third-order valence-corrected chi connectivity index (χ3v) is 3.75. The molecule has 1 unspecified atom stereocenters. The van der Waals surface area contributed by atoms with Crippen LogP contribution in [0, 0.1) is 0 Å². The van der Waals surface area contributed by atoms with Gasteiger partial charge in [-0.25, -0.2) is 9.97 Å². The number of hydrogen-bond donors (Lipinski definition) is 1. The molecule has 1 aromatic heterocycles. The van der Waals surface area contributed by atoms with E-state index in [0.717, 1.165) is 19.5 Å². The maximum Gasteiger partial charge on any atom is 0.116 e. The molecule has 1 atom stereocenters. The molecule has 0 saturated carbocycles. The Kier molecular flexibility index (Phi) is 2.61. The van der Waals surface area contributed by atoms with E-state index in [4.69, 9.17) is 0 Å². The predicted molar refractivity (Wildman–Crippen MR) is 62.0 cm³/mol. The molecule has 0 aliphatic carbocycles. The van der Waals surface area contributed by atoms with Crippen LogP contribution in [0.4, 0.5) is 0 Å². The minimum atomic E-state index is 0.523. The smallest absolute Gasteiger partial charge is 0.116 e. The van der Waals surface area contributed by atoms with Crippen LogP contribution in [0.1, 0.15) is 35.8 Å². The summed E-state index contributed by atoms with van der Waals surface area (Å²) in [7, 11) is 2.20. The SMILES string of the molecule is CN1CCCC1c1ncnc2c1CCNC2. The summed E-state index contributed by atoms with van der Waals surface area (Å²) in [6.45, 7) is 3.16. The van der Waals surface area contributed by atoms with Crippen molar-refractivity contribution in [2.24, 2.45) is 0 Å². The van der Waals surface area contributed by atoms with Crippen molar-refractivity contribution in [1.29, 1.82) is 0 Å². The first-order valence-corrected chi connectivity index (χ1v) is 6.10. The van der Waals surface area contributed by atoms with Gasteiger partial charge in [0, 0.05) is 6.54 Å². The molecule has 0 bridgehead atoms. The van der Waals surface area contributed by atoms with Crippen molar-refractivity contribution in [1.82, 2.24) is 20.2 Å². The third-order valence-electron chi connectivity index (χ3n) is 3.75. The van der Waals surface area contributed by atoms with Gasteiger partial charge in [0.2, 0.25) is 0 Å². The standard InChI is InChI=1S/C12H18N4/c1-16-6-2-3-11(16)12-9-4-5-13-7-10(9)14-8-15-12/h8,11,13H,2-7H2,1H3. The Hall–Kier alpha value is -1.00. The topological polar surface area (TPSA) is 41.1 Å². The van der Waals surface area contributed by atoms with Gasteiger partial charge >= 0.3 is 0 Å². The summed E-state index contributed by atoms with van der Waals surface area (Å²) in [6, 6.07) is 0.523. The van der Waals surface area contributed by atoms with E-state index in [9.17, 15) is 0 Å². The van der Waals surface area contributed by atoms with Gasteiger partial charge < -0.3 is 5.32 Å². The summed E-state index contributed by atoms with van der Waals surface area (Å²) in [5.41, 5.74) is 3.89. The molecule has 2 aliphatic rings. The van der Waals surface area contributed by atoms with Gasteiger partial charge in [0.25, 0.3) is 0 Å². The lowest BCUT2D eigenvalue weighted by Gasteiger charge is -2.24. The first-order valence-electron chi connectivity index (χ1n) is 6.10. The Labute approximate surface area is 96.1 Å². The highest BCUT2D eigenvalue weighted by atomic mass is 15.2. The number of fused-ring (bicyclic) bond motifs is 1. The maximum absolute atomic E-state index is 4.54. The molecule has 4 nitrogen and oxygen atoms in total. The van der Waals surface area contributed by atoms with E-state index < -0.39 is 0 Å². The van der Waals surface area contributed by atoms with Gasteiger partial charge in [-0.05, 0) is 45.0 Å². The van der Waals surface area contributed by atoms with Crippen LogP contribution in [-0.2, 0) is 13.0 Å². The fourth-order valence-electron chi connectivity index (χ4n) is 2.85. The Bertz CT molecular complexity index is 391. The van der Waals surface area contributed by atoms with Crippen molar-refractivity contribution in [3.8, 4) is 0 Å². The van der Waals surface area contributed by atoms with Gasteiger partial charge in [0.15, 0.2) is 0 Å². The van der Waals surface area contributed by atoms with E-state index in [1.54, 1.807) is 6.33 Å². The predicted octanol–water partition coefficient (Wildman–Crippen LogP) is 0.889. The Balaban J connectivity index is 2.00. The fourth-order valence-corrected chi connectivity index (χ4v) is 2.85. The number of aromatic nitrogens is 2. The molecule has 0 aromatic carbocycles. The van der Waals surface area contributed by atoms with Gasteiger partial charge in [-0.15, -0.1) is 0 Å². The van der Waals surface area contributed by atoms with Crippen molar-refractivity contribution in [3.05, 3.63) is 23.3 Å². The largest absolute Gasteiger partial charge is 0.311 e. The quantitative estimate of drug-likeness (QED) is 0.760. The molecule has 3 heterocycles. The molecular weight excluding hydrogens is 200 g/mol. The first kappa shape index (κ1) is 10.2. The van der Waals surface area contributed by atoms with E-state index in [-0.39, 0.29) is 0 Å². The lowest BCUT2D eigenvalue weighted by atomic mass is 9.99. The summed E-state index contributed by atoms with van der Waals surface area (Å²) in [4.78, 5) is 11.3. The Morgan fingerprint density at radius 2 is 2.38 bits per heavy atom. The van der Waals surface area contributed by atoms with E-state index >= 15 is 0 Å². The summed E-state index contributed by atoms with van der Waals surface area (Å²) in [5, 5.41) is 3.37. The Morgan fingerprint density at radius 1 is 1.44 bits per heavy atom. The zero-order valence-electron chi connectivity index (χ0n) is 9.74. The van der Waals surface area contributed by atoms with Crippen molar-refractivity contribution in [2.75, 3.05) is 20.1 Å². The van der Waals surface area contributed by atoms with E-state index in [1.165, 1.54) is 36.3 Å². The second kappa shape index (κ2) is 4.11. The molecule has 86 valence electrons. The van der Waals surface area contributed by atoms with Crippen LogP contribution in [0.25, 0.3) is 0 Å². The second-order valence-corrected chi connectivity index (χ2v) is 4.75. The number of hydrogen-bond acceptors (Lipinski definition) is 4. The van der Waals surface area contributed by atoms with Crippen molar-refractivity contribution in [2.45, 2.75) is 31.8 Å². The van der Waals surface area contributed by atoms with Crippen LogP contribution in [0.3, 0.4) is 0 Å².